The van der Waals surface area contributed by atoms with Gasteiger partial charge in [0.1, 0.15) is 16.2 Å². The number of nitrogens with zero attached hydrogens (tertiary/aromatic N) is 2. The largest absolute Gasteiger partial charge is 0.369 e. The molecule has 1 aliphatic carbocycles. The molecule has 0 aliphatic heterocycles. The van der Waals surface area contributed by atoms with E-state index in [9.17, 15) is 0 Å². The summed E-state index contributed by atoms with van der Waals surface area (Å²) in [4.78, 5) is 8.87. The van der Waals surface area contributed by atoms with Crippen LogP contribution in [0, 0.1) is 11.8 Å². The molecule has 1 saturated carbocycles. The molecule has 16 heavy (non-hydrogen) atoms. The number of anilines is 1. The van der Waals surface area contributed by atoms with Gasteiger partial charge in [-0.2, -0.15) is 0 Å². The van der Waals surface area contributed by atoms with Gasteiger partial charge in [0, 0.05) is 24.9 Å². The first-order valence-electron chi connectivity index (χ1n) is 5.47. The van der Waals surface area contributed by atoms with Crippen LogP contribution in [-0.4, -0.2) is 16.5 Å². The third-order valence-electron chi connectivity index (χ3n) is 2.39. The molecule has 2 rings (SSSR count). The van der Waals surface area contributed by atoms with E-state index >= 15 is 0 Å². The molecule has 0 amide bonds. The molecule has 0 bridgehead atoms. The third-order valence-corrected chi connectivity index (χ3v) is 2.79. The van der Waals surface area contributed by atoms with Crippen molar-refractivity contribution in [3.8, 4) is 11.8 Å². The van der Waals surface area contributed by atoms with E-state index in [0.717, 1.165) is 29.2 Å². The number of halogens is 1. The van der Waals surface area contributed by atoms with Gasteiger partial charge in [-0.15, -0.1) is 11.8 Å². The normalized spacial score (nSPS) is 14.1. The van der Waals surface area contributed by atoms with Crippen molar-refractivity contribution < 1.29 is 0 Å². The molecule has 1 heterocycles. The Morgan fingerprint density at radius 3 is 3.00 bits per heavy atom. The molecular weight excluding hydrogens is 266 g/mol. The Morgan fingerprint density at radius 2 is 2.31 bits per heavy atom. The fourth-order valence-corrected chi connectivity index (χ4v) is 1.83. The lowest BCUT2D eigenvalue weighted by molar-refractivity contribution is 0.909. The van der Waals surface area contributed by atoms with Gasteiger partial charge in [0.25, 0.3) is 0 Å². The zero-order chi connectivity index (χ0) is 11.4. The number of rotatable bonds is 4. The highest BCUT2D eigenvalue weighted by Gasteiger charge is 2.27. The number of hydrogen-bond acceptors (Lipinski definition) is 3. The minimum absolute atomic E-state index is 0.577. The number of hydrogen-bond donors (Lipinski definition) is 1. The summed E-state index contributed by atoms with van der Waals surface area (Å²) < 4.78 is 0.855. The molecule has 0 saturated heterocycles. The summed E-state index contributed by atoms with van der Waals surface area (Å²) in [6.07, 6.45) is 3.28. The standard InChI is InChI=1S/C12H14BrN3/c1-2-3-4-7-14-11-8-10(13)15-12(16-11)9-5-6-9/h8-9H,4-7H2,1H3,(H,14,15,16). The number of nitrogens with one attached hydrogen (secondary N) is 1. The van der Waals surface area contributed by atoms with Gasteiger partial charge in [-0.05, 0) is 35.7 Å². The van der Waals surface area contributed by atoms with Gasteiger partial charge in [-0.25, -0.2) is 9.97 Å². The van der Waals surface area contributed by atoms with Crippen LogP contribution in [0.2, 0.25) is 0 Å². The summed E-state index contributed by atoms with van der Waals surface area (Å²) in [6, 6.07) is 1.91. The smallest absolute Gasteiger partial charge is 0.135 e. The van der Waals surface area contributed by atoms with Crippen LogP contribution in [0.1, 0.15) is 37.9 Å². The van der Waals surface area contributed by atoms with Gasteiger partial charge < -0.3 is 5.32 Å². The van der Waals surface area contributed by atoms with Gasteiger partial charge >= 0.3 is 0 Å². The molecule has 84 valence electrons. The molecule has 0 spiro atoms. The second-order valence-electron chi connectivity index (χ2n) is 3.81. The van der Waals surface area contributed by atoms with Crippen LogP contribution in [0.4, 0.5) is 5.82 Å². The van der Waals surface area contributed by atoms with Gasteiger partial charge in [-0.3, -0.25) is 0 Å². The second-order valence-corrected chi connectivity index (χ2v) is 4.62. The predicted molar refractivity (Wildman–Crippen MR) is 68.3 cm³/mol. The first-order chi connectivity index (χ1) is 7.79. The summed E-state index contributed by atoms with van der Waals surface area (Å²) >= 11 is 3.41. The SMILES string of the molecule is CC#CCCNc1cc(Br)nc(C2CC2)n1. The lowest BCUT2D eigenvalue weighted by atomic mass is 10.4. The summed E-state index contributed by atoms with van der Waals surface area (Å²) in [7, 11) is 0. The van der Waals surface area contributed by atoms with Gasteiger partial charge in [0.2, 0.25) is 0 Å². The van der Waals surface area contributed by atoms with Gasteiger partial charge in [-0.1, -0.05) is 0 Å². The Balaban J connectivity index is 1.98. The molecule has 1 aliphatic rings. The van der Waals surface area contributed by atoms with E-state index in [1.54, 1.807) is 0 Å². The Bertz CT molecular complexity index is 430. The van der Waals surface area contributed by atoms with Crippen LogP contribution in [0.5, 0.6) is 0 Å². The molecule has 4 heteroatoms. The Labute approximate surface area is 104 Å². The average Bonchev–Trinajstić information content (AvgIpc) is 3.07. The van der Waals surface area contributed by atoms with E-state index in [0.29, 0.717) is 5.92 Å². The molecule has 0 aromatic carbocycles. The minimum Gasteiger partial charge on any atom is -0.369 e. The van der Waals surface area contributed by atoms with Crippen molar-refractivity contribution in [2.75, 3.05) is 11.9 Å². The molecule has 0 atom stereocenters. The average molecular weight is 280 g/mol. The van der Waals surface area contributed by atoms with Crippen molar-refractivity contribution in [1.82, 2.24) is 9.97 Å². The molecule has 1 fully saturated rings. The van der Waals surface area contributed by atoms with E-state index in [1.165, 1.54) is 12.8 Å². The van der Waals surface area contributed by atoms with Gasteiger partial charge in [0.15, 0.2) is 0 Å². The second kappa shape index (κ2) is 5.31. The van der Waals surface area contributed by atoms with Crippen molar-refractivity contribution in [2.24, 2.45) is 0 Å². The molecule has 1 aromatic heterocycles. The maximum absolute atomic E-state index is 4.49. The molecule has 0 radical (unpaired) electrons. The highest BCUT2D eigenvalue weighted by atomic mass is 79.9. The van der Waals surface area contributed by atoms with Crippen LogP contribution >= 0.6 is 15.9 Å². The molecule has 3 nitrogen and oxygen atoms in total. The number of aromatic nitrogens is 2. The molecule has 0 unspecified atom stereocenters. The summed E-state index contributed by atoms with van der Waals surface area (Å²) in [6.45, 7) is 2.68. The van der Waals surface area contributed by atoms with Crippen molar-refractivity contribution in [3.63, 3.8) is 0 Å². The highest BCUT2D eigenvalue weighted by Crippen LogP contribution is 2.38. The Morgan fingerprint density at radius 1 is 1.50 bits per heavy atom. The van der Waals surface area contributed by atoms with E-state index in [2.05, 4.69) is 43.1 Å². The van der Waals surface area contributed by atoms with Crippen LogP contribution in [0.25, 0.3) is 0 Å². The van der Waals surface area contributed by atoms with E-state index in [-0.39, 0.29) is 0 Å². The zero-order valence-electron chi connectivity index (χ0n) is 9.26. The predicted octanol–water partition coefficient (Wildman–Crippen LogP) is 2.94. The lowest BCUT2D eigenvalue weighted by Gasteiger charge is -2.05. The first-order valence-corrected chi connectivity index (χ1v) is 6.27. The van der Waals surface area contributed by atoms with Crippen molar-refractivity contribution in [1.29, 1.82) is 0 Å². The first kappa shape index (κ1) is 11.4. The van der Waals surface area contributed by atoms with Crippen molar-refractivity contribution in [2.45, 2.75) is 32.1 Å². The third kappa shape index (κ3) is 3.21. The van der Waals surface area contributed by atoms with Crippen LogP contribution in [-0.2, 0) is 0 Å². The van der Waals surface area contributed by atoms with Crippen LogP contribution in [0.15, 0.2) is 10.7 Å². The maximum atomic E-state index is 4.49. The Kier molecular flexibility index (Phi) is 3.79. The fourth-order valence-electron chi connectivity index (χ4n) is 1.43. The van der Waals surface area contributed by atoms with Crippen LogP contribution < -0.4 is 5.32 Å². The van der Waals surface area contributed by atoms with Crippen molar-refractivity contribution in [3.05, 3.63) is 16.5 Å². The maximum Gasteiger partial charge on any atom is 0.135 e. The van der Waals surface area contributed by atoms with Crippen molar-refractivity contribution >= 4 is 21.7 Å². The van der Waals surface area contributed by atoms with E-state index in [4.69, 9.17) is 0 Å². The monoisotopic (exact) mass is 279 g/mol. The quantitative estimate of drug-likeness (QED) is 0.523. The lowest BCUT2D eigenvalue weighted by Crippen LogP contribution is -2.05. The highest BCUT2D eigenvalue weighted by molar-refractivity contribution is 9.10. The Hall–Kier alpha value is -1.08. The topological polar surface area (TPSA) is 37.8 Å². The molecule has 1 aromatic rings. The molecular formula is C12H14BrN3. The molecule has 1 N–H and O–H groups in total. The zero-order valence-corrected chi connectivity index (χ0v) is 10.8. The summed E-state index contributed by atoms with van der Waals surface area (Å²) in [5, 5.41) is 3.26. The van der Waals surface area contributed by atoms with Crippen LogP contribution in [0.3, 0.4) is 0 Å². The fraction of sp³-hybridized carbons (Fsp3) is 0.500. The summed E-state index contributed by atoms with van der Waals surface area (Å²) in [5.41, 5.74) is 0. The minimum atomic E-state index is 0.577. The van der Waals surface area contributed by atoms with E-state index < -0.39 is 0 Å². The van der Waals surface area contributed by atoms with Gasteiger partial charge in [0.05, 0.1) is 0 Å². The summed E-state index contributed by atoms with van der Waals surface area (Å²) in [5.74, 6) is 8.31. The van der Waals surface area contributed by atoms with E-state index in [1.807, 2.05) is 13.0 Å².